The summed E-state index contributed by atoms with van der Waals surface area (Å²) in [6, 6.07) is 24.1. The summed E-state index contributed by atoms with van der Waals surface area (Å²) < 4.78 is 3.03. The Hall–Kier alpha value is -4.28. The Kier molecular flexibility index (Phi) is 7.67. The Morgan fingerprint density at radius 1 is 0.441 bits per heavy atom. The van der Waals surface area contributed by atoms with Crippen LogP contribution in [0, 0.1) is 6.92 Å². The van der Waals surface area contributed by atoms with Crippen molar-refractivity contribution in [1.29, 1.82) is 0 Å². The van der Waals surface area contributed by atoms with Gasteiger partial charge < -0.3 is 9.80 Å². The van der Waals surface area contributed by atoms with Gasteiger partial charge in [0.25, 0.3) is 6.71 Å². The van der Waals surface area contributed by atoms with Crippen LogP contribution in [0.1, 0.15) is 211 Å². The monoisotopic (exact) mass is 913 g/mol. The van der Waals surface area contributed by atoms with Gasteiger partial charge in [-0.25, -0.2) is 0 Å². The van der Waals surface area contributed by atoms with Crippen molar-refractivity contribution in [3.05, 3.63) is 110 Å². The van der Waals surface area contributed by atoms with Crippen LogP contribution in [0.3, 0.4) is 0 Å². The summed E-state index contributed by atoms with van der Waals surface area (Å²) in [5.74, 6) is 0. The SMILES string of the molecule is Cc1cc2c3c(c1)N1c4cc5c(cc4-c4c6c(cc7sc(c1c47)B3c1ccc3c4c1N2c1cc2c(cc1C4(C)CCC3(C)C)C(C)(C)CCC2(C)C)C(C)(C)CCC6(C)C)C(C)(C)CCC5(C)C. The highest BCUT2D eigenvalue weighted by atomic mass is 32.1. The average Bonchev–Trinajstić information content (AvgIpc) is 3.65. The Morgan fingerprint density at radius 2 is 0.941 bits per heavy atom. The Labute approximate surface area is 412 Å². The largest absolute Gasteiger partial charge is 0.311 e. The van der Waals surface area contributed by atoms with Crippen LogP contribution < -0.4 is 25.5 Å². The molecule has 0 radical (unpaired) electrons. The number of fused-ring (bicyclic) bond motifs is 14. The summed E-state index contributed by atoms with van der Waals surface area (Å²) in [5.41, 5.74) is 30.8. The summed E-state index contributed by atoms with van der Waals surface area (Å²) in [5, 5.41) is 1.52. The third-order valence-corrected chi connectivity index (χ3v) is 22.0. The van der Waals surface area contributed by atoms with Gasteiger partial charge in [-0.05, 0) is 205 Å². The number of thiophene rings is 1. The van der Waals surface area contributed by atoms with E-state index in [4.69, 9.17) is 0 Å². The normalized spacial score (nSPS) is 25.1. The van der Waals surface area contributed by atoms with E-state index < -0.39 is 0 Å². The molecule has 8 aliphatic rings. The van der Waals surface area contributed by atoms with Gasteiger partial charge >= 0.3 is 0 Å². The molecule has 0 saturated heterocycles. The molecule has 4 aliphatic heterocycles. The van der Waals surface area contributed by atoms with Crippen LogP contribution in [0.5, 0.6) is 0 Å². The van der Waals surface area contributed by atoms with E-state index >= 15 is 0 Å². The molecular weight excluding hydrogens is 840 g/mol. The van der Waals surface area contributed by atoms with Crippen LogP contribution in [0.25, 0.3) is 21.2 Å². The minimum atomic E-state index is -0.0873. The molecule has 348 valence electrons. The molecule has 5 heterocycles. The number of rotatable bonds is 0. The minimum absolute atomic E-state index is 0.0608. The minimum Gasteiger partial charge on any atom is -0.311 e. The van der Waals surface area contributed by atoms with Crippen molar-refractivity contribution in [3.8, 4) is 11.1 Å². The van der Waals surface area contributed by atoms with E-state index in [-0.39, 0.29) is 50.0 Å². The maximum Gasteiger partial charge on any atom is 0.264 e. The first-order valence-electron chi connectivity index (χ1n) is 26.6. The highest BCUT2D eigenvalue weighted by Crippen LogP contribution is 2.66. The quantitative estimate of drug-likeness (QED) is 0.140. The summed E-state index contributed by atoms with van der Waals surface area (Å²) in [6.45, 7) is 40.6. The third kappa shape index (κ3) is 4.94. The molecule has 0 bridgehead atoms. The van der Waals surface area contributed by atoms with E-state index in [2.05, 4.69) is 187 Å². The van der Waals surface area contributed by atoms with Crippen molar-refractivity contribution in [2.45, 2.75) is 205 Å². The zero-order chi connectivity index (χ0) is 47.7. The van der Waals surface area contributed by atoms with Gasteiger partial charge in [0.2, 0.25) is 0 Å². The molecule has 0 spiro atoms. The van der Waals surface area contributed by atoms with E-state index in [0.29, 0.717) is 0 Å². The van der Waals surface area contributed by atoms with Gasteiger partial charge in [0.15, 0.2) is 0 Å². The third-order valence-electron chi connectivity index (χ3n) is 20.9. The van der Waals surface area contributed by atoms with Crippen molar-refractivity contribution >= 4 is 78.0 Å². The Bertz CT molecular complexity index is 3380. The smallest absolute Gasteiger partial charge is 0.264 e. The van der Waals surface area contributed by atoms with Gasteiger partial charge in [-0.1, -0.05) is 122 Å². The van der Waals surface area contributed by atoms with Crippen LogP contribution in [0.2, 0.25) is 0 Å². The number of nitrogens with zero attached hydrogens (tertiary/aromatic N) is 2. The summed E-state index contributed by atoms with van der Waals surface area (Å²) in [7, 11) is 0. The number of anilines is 6. The molecule has 1 aromatic heterocycles. The van der Waals surface area contributed by atoms with Gasteiger partial charge in [-0.3, -0.25) is 0 Å². The topological polar surface area (TPSA) is 6.48 Å². The zero-order valence-corrected chi connectivity index (χ0v) is 45.0. The molecule has 1 atom stereocenters. The molecular formula is C64H73BN2S. The van der Waals surface area contributed by atoms with Crippen LogP contribution in [0.15, 0.2) is 54.6 Å². The fourth-order valence-electron chi connectivity index (χ4n) is 16.2. The van der Waals surface area contributed by atoms with Gasteiger partial charge in [0.1, 0.15) is 0 Å². The lowest BCUT2D eigenvalue weighted by Gasteiger charge is -2.55. The van der Waals surface area contributed by atoms with Gasteiger partial charge in [0, 0.05) is 42.9 Å². The van der Waals surface area contributed by atoms with Crippen molar-refractivity contribution < 1.29 is 0 Å². The lowest BCUT2D eigenvalue weighted by Crippen LogP contribution is -2.62. The van der Waals surface area contributed by atoms with Crippen molar-refractivity contribution in [2.75, 3.05) is 9.80 Å². The Morgan fingerprint density at radius 3 is 1.56 bits per heavy atom. The molecule has 14 rings (SSSR count). The highest BCUT2D eigenvalue weighted by molar-refractivity contribution is 7.34. The first-order chi connectivity index (χ1) is 31.7. The molecule has 0 N–H and O–H groups in total. The second-order valence-electron chi connectivity index (χ2n) is 28.5. The van der Waals surface area contributed by atoms with E-state index in [9.17, 15) is 0 Å². The Balaban J connectivity index is 1.15. The number of hydrogen-bond donors (Lipinski definition) is 0. The van der Waals surface area contributed by atoms with Crippen LogP contribution >= 0.6 is 11.3 Å². The number of aryl methyl sites for hydroxylation is 1. The molecule has 68 heavy (non-hydrogen) atoms. The summed E-state index contributed by atoms with van der Waals surface area (Å²) in [6.07, 6.45) is 9.64. The first-order valence-corrected chi connectivity index (χ1v) is 27.5. The molecule has 4 heteroatoms. The molecule has 4 aliphatic carbocycles. The van der Waals surface area contributed by atoms with E-state index in [1.54, 1.807) is 60.4 Å². The molecule has 6 aromatic rings. The zero-order valence-electron chi connectivity index (χ0n) is 44.2. The molecule has 2 nitrogen and oxygen atoms in total. The number of benzene rings is 5. The predicted molar refractivity (Wildman–Crippen MR) is 294 cm³/mol. The van der Waals surface area contributed by atoms with E-state index in [1.165, 1.54) is 118 Å². The maximum absolute atomic E-state index is 2.85. The standard InChI is InChI=1S/C64H73BN2S/c1-34-27-46-53-47(28-34)67-45-32-40-38(59(6,7)20-22-61(40,10)11)30-41(45)64(16)26-25-57(2,3)36-17-18-43(54(67)52(36)64)65(53)56-55-50-48(68-56)33-42-51(63(14,15)24-23-62(42,12)13)49(50)35-29-37-39(31-44(35)66(46)55)60(8,9)21-19-58(37,4)5/h17-18,27-33H,19-26H2,1-16H3. The van der Waals surface area contributed by atoms with Crippen LogP contribution in [-0.2, 0) is 43.3 Å². The van der Waals surface area contributed by atoms with E-state index in [1.807, 2.05) is 0 Å². The summed E-state index contributed by atoms with van der Waals surface area (Å²) >= 11 is 2.14. The van der Waals surface area contributed by atoms with Crippen molar-refractivity contribution in [3.63, 3.8) is 0 Å². The lowest BCUT2D eigenvalue weighted by atomic mass is 9.35. The molecule has 0 fully saturated rings. The van der Waals surface area contributed by atoms with Gasteiger partial charge in [-0.15, -0.1) is 11.3 Å². The lowest BCUT2D eigenvalue weighted by molar-refractivity contribution is 0.327. The predicted octanol–water partition coefficient (Wildman–Crippen LogP) is 16.0. The molecule has 1 unspecified atom stereocenters. The second kappa shape index (κ2) is 12.2. The molecule has 0 saturated carbocycles. The second-order valence-corrected chi connectivity index (χ2v) is 29.5. The van der Waals surface area contributed by atoms with Crippen molar-refractivity contribution in [2.24, 2.45) is 0 Å². The van der Waals surface area contributed by atoms with Gasteiger partial charge in [-0.2, -0.15) is 0 Å². The molecule has 5 aromatic carbocycles. The average molecular weight is 913 g/mol. The molecule has 0 amide bonds. The van der Waals surface area contributed by atoms with Crippen LogP contribution in [0.4, 0.5) is 34.1 Å². The fraction of sp³-hybridized carbons (Fsp3) is 0.500. The first kappa shape index (κ1) is 42.6. The highest BCUT2D eigenvalue weighted by Gasteiger charge is 2.56. The summed E-state index contributed by atoms with van der Waals surface area (Å²) in [4.78, 5) is 5.69. The van der Waals surface area contributed by atoms with Crippen molar-refractivity contribution in [1.82, 2.24) is 0 Å². The van der Waals surface area contributed by atoms with E-state index in [0.717, 1.165) is 0 Å². The van der Waals surface area contributed by atoms with Gasteiger partial charge in [0.05, 0.1) is 17.1 Å². The van der Waals surface area contributed by atoms with Crippen LogP contribution in [-0.4, -0.2) is 6.71 Å². The number of hydrogen-bond acceptors (Lipinski definition) is 3. The maximum atomic E-state index is 2.85. The fourth-order valence-corrected chi connectivity index (χ4v) is 17.5.